The van der Waals surface area contributed by atoms with Crippen molar-refractivity contribution >= 4 is 15.7 Å². The standard InChI is InChI=1S/C12H9F2NO2S/c13-9-4-6-11(7-5-9)15-18(16,17)12-3-1-2-10(14)8-12/h1-8,15H. The molecular formula is C12H9F2NO2S. The first-order valence-electron chi connectivity index (χ1n) is 5.01. The largest absolute Gasteiger partial charge is 0.280 e. The van der Waals surface area contributed by atoms with Crippen LogP contribution < -0.4 is 4.72 Å². The second kappa shape index (κ2) is 4.73. The maximum atomic E-state index is 12.9. The van der Waals surface area contributed by atoms with Crippen LogP contribution in [-0.4, -0.2) is 8.42 Å². The molecule has 1 N–H and O–H groups in total. The van der Waals surface area contributed by atoms with Gasteiger partial charge in [0.1, 0.15) is 11.6 Å². The molecule has 0 aliphatic rings. The second-order valence-electron chi connectivity index (χ2n) is 3.57. The number of rotatable bonds is 3. The monoisotopic (exact) mass is 269 g/mol. The van der Waals surface area contributed by atoms with Crippen LogP contribution >= 0.6 is 0 Å². The quantitative estimate of drug-likeness (QED) is 0.931. The van der Waals surface area contributed by atoms with Crippen molar-refractivity contribution in [1.29, 1.82) is 0 Å². The molecule has 18 heavy (non-hydrogen) atoms. The van der Waals surface area contributed by atoms with Gasteiger partial charge >= 0.3 is 0 Å². The van der Waals surface area contributed by atoms with E-state index in [-0.39, 0.29) is 10.6 Å². The van der Waals surface area contributed by atoms with Gasteiger partial charge in [0.2, 0.25) is 0 Å². The molecule has 0 atom stereocenters. The molecule has 0 spiro atoms. The summed E-state index contributed by atoms with van der Waals surface area (Å²) in [4.78, 5) is -0.188. The van der Waals surface area contributed by atoms with Crippen LogP contribution in [0.25, 0.3) is 0 Å². The zero-order chi connectivity index (χ0) is 13.2. The zero-order valence-corrected chi connectivity index (χ0v) is 9.92. The molecule has 0 saturated heterocycles. The maximum absolute atomic E-state index is 12.9. The minimum Gasteiger partial charge on any atom is -0.280 e. The molecule has 6 heteroatoms. The lowest BCUT2D eigenvalue weighted by Crippen LogP contribution is -2.13. The van der Waals surface area contributed by atoms with Crippen molar-refractivity contribution in [3.8, 4) is 0 Å². The van der Waals surface area contributed by atoms with E-state index in [0.717, 1.165) is 24.3 Å². The van der Waals surface area contributed by atoms with E-state index in [1.54, 1.807) is 0 Å². The molecule has 2 aromatic carbocycles. The van der Waals surface area contributed by atoms with Gasteiger partial charge in [-0.1, -0.05) is 6.07 Å². The number of hydrogen-bond acceptors (Lipinski definition) is 2. The van der Waals surface area contributed by atoms with Crippen molar-refractivity contribution in [3.63, 3.8) is 0 Å². The minimum atomic E-state index is -3.86. The predicted octanol–water partition coefficient (Wildman–Crippen LogP) is 2.77. The average molecular weight is 269 g/mol. The Labute approximate surface area is 103 Å². The summed E-state index contributed by atoms with van der Waals surface area (Å²) in [5.41, 5.74) is 0.209. The molecule has 0 heterocycles. The third-order valence-electron chi connectivity index (χ3n) is 2.20. The highest BCUT2D eigenvalue weighted by molar-refractivity contribution is 7.92. The normalized spacial score (nSPS) is 11.2. The first-order chi connectivity index (χ1) is 8.47. The number of anilines is 1. The molecule has 2 aromatic rings. The van der Waals surface area contributed by atoms with Gasteiger partial charge in [0.15, 0.2) is 0 Å². The highest BCUT2D eigenvalue weighted by atomic mass is 32.2. The molecule has 0 aliphatic carbocycles. The van der Waals surface area contributed by atoms with E-state index in [0.29, 0.717) is 0 Å². The van der Waals surface area contributed by atoms with Crippen LogP contribution in [0.5, 0.6) is 0 Å². The fraction of sp³-hybridized carbons (Fsp3) is 0. The lowest BCUT2D eigenvalue weighted by atomic mass is 10.3. The number of benzene rings is 2. The Balaban J connectivity index is 2.30. The van der Waals surface area contributed by atoms with E-state index in [2.05, 4.69) is 4.72 Å². The van der Waals surface area contributed by atoms with Crippen LogP contribution in [0.4, 0.5) is 14.5 Å². The van der Waals surface area contributed by atoms with Gasteiger partial charge in [-0.05, 0) is 42.5 Å². The van der Waals surface area contributed by atoms with Gasteiger partial charge in [-0.2, -0.15) is 0 Å². The zero-order valence-electron chi connectivity index (χ0n) is 9.10. The van der Waals surface area contributed by atoms with Gasteiger partial charge in [0.05, 0.1) is 4.90 Å². The van der Waals surface area contributed by atoms with Crippen LogP contribution in [-0.2, 0) is 10.0 Å². The minimum absolute atomic E-state index is 0.188. The number of sulfonamides is 1. The highest BCUT2D eigenvalue weighted by Crippen LogP contribution is 2.16. The van der Waals surface area contributed by atoms with Gasteiger partial charge in [0, 0.05) is 5.69 Å². The summed E-state index contributed by atoms with van der Waals surface area (Å²) in [6.45, 7) is 0. The molecule has 0 amide bonds. The van der Waals surface area contributed by atoms with Crippen LogP contribution in [0.2, 0.25) is 0 Å². The Hall–Kier alpha value is -1.95. The average Bonchev–Trinajstić information content (AvgIpc) is 2.32. The fourth-order valence-corrected chi connectivity index (χ4v) is 2.46. The topological polar surface area (TPSA) is 46.2 Å². The number of hydrogen-bond donors (Lipinski definition) is 1. The van der Waals surface area contributed by atoms with Crippen LogP contribution in [0.3, 0.4) is 0 Å². The molecule has 94 valence electrons. The second-order valence-corrected chi connectivity index (χ2v) is 5.25. The molecule has 3 nitrogen and oxygen atoms in total. The first kappa shape index (κ1) is 12.5. The Bertz CT molecular complexity index is 654. The van der Waals surface area contributed by atoms with Gasteiger partial charge < -0.3 is 0 Å². The summed E-state index contributed by atoms with van der Waals surface area (Å²) in [5.74, 6) is -1.11. The summed E-state index contributed by atoms with van der Waals surface area (Å²) < 4.78 is 51.6. The number of nitrogens with one attached hydrogen (secondary N) is 1. The van der Waals surface area contributed by atoms with Gasteiger partial charge in [-0.25, -0.2) is 17.2 Å². The van der Waals surface area contributed by atoms with E-state index >= 15 is 0 Å². The van der Waals surface area contributed by atoms with E-state index in [4.69, 9.17) is 0 Å². The van der Waals surface area contributed by atoms with Gasteiger partial charge in [-0.15, -0.1) is 0 Å². The Morgan fingerprint density at radius 3 is 2.17 bits per heavy atom. The predicted molar refractivity (Wildman–Crippen MR) is 63.6 cm³/mol. The van der Waals surface area contributed by atoms with Gasteiger partial charge in [0.25, 0.3) is 10.0 Å². The van der Waals surface area contributed by atoms with E-state index in [1.807, 2.05) is 0 Å². The van der Waals surface area contributed by atoms with Crippen molar-refractivity contribution in [2.24, 2.45) is 0 Å². The van der Waals surface area contributed by atoms with Crippen LogP contribution in [0.1, 0.15) is 0 Å². The third-order valence-corrected chi connectivity index (χ3v) is 3.58. The summed E-state index contributed by atoms with van der Waals surface area (Å²) in [7, 11) is -3.86. The van der Waals surface area contributed by atoms with Crippen LogP contribution in [0.15, 0.2) is 53.4 Å². The van der Waals surface area contributed by atoms with Gasteiger partial charge in [-0.3, -0.25) is 4.72 Å². The molecule has 2 rings (SSSR count). The summed E-state index contributed by atoms with van der Waals surface area (Å²) in [6.07, 6.45) is 0. The fourth-order valence-electron chi connectivity index (χ4n) is 1.37. The van der Waals surface area contributed by atoms with Crippen molar-refractivity contribution in [2.75, 3.05) is 4.72 Å². The molecule has 0 bridgehead atoms. The van der Waals surface area contributed by atoms with E-state index < -0.39 is 21.7 Å². The molecule has 0 aromatic heterocycles. The molecule has 0 radical (unpaired) electrons. The lowest BCUT2D eigenvalue weighted by Gasteiger charge is -2.07. The van der Waals surface area contributed by atoms with Crippen molar-refractivity contribution in [1.82, 2.24) is 0 Å². The molecule has 0 saturated carbocycles. The molecule has 0 unspecified atom stereocenters. The van der Waals surface area contributed by atoms with Crippen molar-refractivity contribution in [2.45, 2.75) is 4.90 Å². The Kier molecular flexibility index (Phi) is 3.29. The van der Waals surface area contributed by atoms with Crippen LogP contribution in [0, 0.1) is 11.6 Å². The summed E-state index contributed by atoms with van der Waals surface area (Å²) in [6, 6.07) is 9.46. The Morgan fingerprint density at radius 1 is 0.889 bits per heavy atom. The summed E-state index contributed by atoms with van der Waals surface area (Å²) >= 11 is 0. The number of halogens is 2. The first-order valence-corrected chi connectivity index (χ1v) is 6.50. The highest BCUT2D eigenvalue weighted by Gasteiger charge is 2.14. The van der Waals surface area contributed by atoms with E-state index in [1.165, 1.54) is 24.3 Å². The Morgan fingerprint density at radius 2 is 1.56 bits per heavy atom. The molecule has 0 aliphatic heterocycles. The summed E-state index contributed by atoms with van der Waals surface area (Å²) in [5, 5.41) is 0. The maximum Gasteiger partial charge on any atom is 0.261 e. The molecular weight excluding hydrogens is 260 g/mol. The van der Waals surface area contributed by atoms with E-state index in [9.17, 15) is 17.2 Å². The SMILES string of the molecule is O=S(=O)(Nc1ccc(F)cc1)c1cccc(F)c1. The molecule has 0 fully saturated rings. The van der Waals surface area contributed by atoms with Crippen molar-refractivity contribution in [3.05, 3.63) is 60.2 Å². The third kappa shape index (κ3) is 2.84. The van der Waals surface area contributed by atoms with Crippen molar-refractivity contribution < 1.29 is 17.2 Å². The lowest BCUT2D eigenvalue weighted by molar-refractivity contribution is 0.595. The smallest absolute Gasteiger partial charge is 0.261 e.